The number of esters is 1. The van der Waals surface area contributed by atoms with Crippen molar-refractivity contribution in [3.05, 3.63) is 29.6 Å². The van der Waals surface area contributed by atoms with Crippen LogP contribution in [0.1, 0.15) is 55.8 Å². The normalized spacial score (nSPS) is 12.8. The molecule has 1 N–H and O–H groups in total. The van der Waals surface area contributed by atoms with Crippen molar-refractivity contribution < 1.29 is 19.4 Å². The minimum absolute atomic E-state index is 0.133. The van der Waals surface area contributed by atoms with Crippen LogP contribution in [0.15, 0.2) is 18.3 Å². The summed E-state index contributed by atoms with van der Waals surface area (Å²) in [6.45, 7) is 5.05. The first-order chi connectivity index (χ1) is 9.29. The van der Waals surface area contributed by atoms with E-state index in [9.17, 15) is 14.7 Å². The lowest BCUT2D eigenvalue weighted by Gasteiger charge is -2.21. The Hall–Kier alpha value is -1.75. The minimum atomic E-state index is -0.802. The molecule has 5 nitrogen and oxygen atoms in total. The van der Waals surface area contributed by atoms with E-state index in [2.05, 4.69) is 4.98 Å². The lowest BCUT2D eigenvalue weighted by molar-refractivity contribution is -0.151. The van der Waals surface area contributed by atoms with Gasteiger partial charge in [-0.05, 0) is 39.3 Å². The molecule has 0 radical (unpaired) electrons. The fraction of sp³-hybridized carbons (Fsp3) is 0.533. The monoisotopic (exact) mass is 279 g/mol. The Morgan fingerprint density at radius 3 is 2.65 bits per heavy atom. The Balaban J connectivity index is 2.81. The number of rotatable bonds is 6. The van der Waals surface area contributed by atoms with Crippen LogP contribution in [0.5, 0.6) is 0 Å². The van der Waals surface area contributed by atoms with Crippen LogP contribution in [0.4, 0.5) is 0 Å². The molecule has 1 atom stereocenters. The molecule has 0 saturated carbocycles. The highest BCUT2D eigenvalue weighted by molar-refractivity contribution is 5.97. The number of Topliss-reactive ketones (excluding diaryl/α,β-unsaturated/α-hetero) is 1. The number of aliphatic hydroxyl groups is 1. The van der Waals surface area contributed by atoms with Crippen LogP contribution in [-0.2, 0) is 9.53 Å². The number of hydrogen-bond acceptors (Lipinski definition) is 5. The zero-order valence-electron chi connectivity index (χ0n) is 12.3. The first kappa shape index (κ1) is 16.3. The van der Waals surface area contributed by atoms with Gasteiger partial charge in [-0.1, -0.05) is 0 Å². The van der Waals surface area contributed by atoms with E-state index in [-0.39, 0.29) is 18.2 Å². The van der Waals surface area contributed by atoms with Crippen LogP contribution in [0.3, 0.4) is 0 Å². The lowest BCUT2D eigenvalue weighted by atomic mass is 9.86. The maximum absolute atomic E-state index is 12.2. The van der Waals surface area contributed by atoms with E-state index in [1.54, 1.807) is 32.9 Å². The zero-order valence-corrected chi connectivity index (χ0v) is 12.3. The van der Waals surface area contributed by atoms with E-state index < -0.39 is 11.5 Å². The molecule has 0 aromatic carbocycles. The molecule has 0 aliphatic heterocycles. The lowest BCUT2D eigenvalue weighted by Crippen LogP contribution is -2.26. The van der Waals surface area contributed by atoms with Gasteiger partial charge in [-0.15, -0.1) is 0 Å². The molecule has 0 unspecified atom stereocenters. The molecule has 0 amide bonds. The van der Waals surface area contributed by atoms with Crippen molar-refractivity contribution in [2.45, 2.75) is 39.7 Å². The predicted octanol–water partition coefficient (Wildman–Crippen LogP) is 2.30. The van der Waals surface area contributed by atoms with Crippen LogP contribution in [-0.4, -0.2) is 29.0 Å². The van der Waals surface area contributed by atoms with Gasteiger partial charge in [0.15, 0.2) is 5.78 Å². The molecule has 0 aliphatic rings. The van der Waals surface area contributed by atoms with Crippen molar-refractivity contribution >= 4 is 11.8 Å². The number of ketones is 1. The molecule has 0 bridgehead atoms. The van der Waals surface area contributed by atoms with Gasteiger partial charge < -0.3 is 9.84 Å². The summed E-state index contributed by atoms with van der Waals surface area (Å²) in [5, 5.41) is 9.62. The molecule has 20 heavy (non-hydrogen) atoms. The van der Waals surface area contributed by atoms with Crippen molar-refractivity contribution in [2.24, 2.45) is 5.41 Å². The summed E-state index contributed by atoms with van der Waals surface area (Å²) in [5.41, 5.74) is 0.0639. The van der Waals surface area contributed by atoms with E-state index in [1.807, 2.05) is 0 Å². The average Bonchev–Trinajstić information content (AvgIpc) is 2.43. The van der Waals surface area contributed by atoms with Crippen LogP contribution < -0.4 is 0 Å². The van der Waals surface area contributed by atoms with Crippen LogP contribution in [0.25, 0.3) is 0 Å². The summed E-state index contributed by atoms with van der Waals surface area (Å²) >= 11 is 0. The summed E-state index contributed by atoms with van der Waals surface area (Å²) in [6.07, 6.45) is 1.32. The maximum Gasteiger partial charge on any atom is 0.311 e. The SMILES string of the molecule is COC(=O)C(C)(C)CCC(=O)c1cccnc1[C@H](C)O. The summed E-state index contributed by atoms with van der Waals surface area (Å²) in [6, 6.07) is 3.30. The highest BCUT2D eigenvalue weighted by atomic mass is 16.5. The molecule has 110 valence electrons. The van der Waals surface area contributed by atoms with Crippen molar-refractivity contribution in [1.29, 1.82) is 0 Å². The summed E-state index contributed by atoms with van der Waals surface area (Å²) in [7, 11) is 1.33. The maximum atomic E-state index is 12.2. The smallest absolute Gasteiger partial charge is 0.311 e. The van der Waals surface area contributed by atoms with Gasteiger partial charge in [0.05, 0.1) is 24.3 Å². The van der Waals surface area contributed by atoms with E-state index in [0.717, 1.165) is 0 Å². The second-order valence-corrected chi connectivity index (χ2v) is 5.41. The standard InChI is InChI=1S/C15H21NO4/c1-10(17)13-11(6-5-9-16-13)12(18)7-8-15(2,3)14(19)20-4/h5-6,9-10,17H,7-8H2,1-4H3/t10-/m0/s1. The third kappa shape index (κ3) is 3.87. The molecule has 1 aromatic rings. The Morgan fingerprint density at radius 1 is 1.45 bits per heavy atom. The summed E-state index contributed by atoms with van der Waals surface area (Å²) in [5.74, 6) is -0.474. The fourth-order valence-corrected chi connectivity index (χ4v) is 1.93. The molecular formula is C15H21NO4. The van der Waals surface area contributed by atoms with Gasteiger partial charge in [0.25, 0.3) is 0 Å². The molecule has 1 aromatic heterocycles. The number of carbonyl (C=O) groups is 2. The second-order valence-electron chi connectivity index (χ2n) is 5.41. The number of ether oxygens (including phenoxy) is 1. The number of methoxy groups -OCH3 is 1. The van der Waals surface area contributed by atoms with Gasteiger partial charge in [0.2, 0.25) is 0 Å². The van der Waals surface area contributed by atoms with E-state index in [0.29, 0.717) is 17.7 Å². The molecule has 1 rings (SSSR count). The minimum Gasteiger partial charge on any atom is -0.469 e. The highest BCUT2D eigenvalue weighted by Gasteiger charge is 2.29. The number of aromatic nitrogens is 1. The highest BCUT2D eigenvalue weighted by Crippen LogP contribution is 2.26. The number of aliphatic hydroxyl groups excluding tert-OH is 1. The Labute approximate surface area is 119 Å². The number of carbonyl (C=O) groups excluding carboxylic acids is 2. The first-order valence-corrected chi connectivity index (χ1v) is 6.54. The van der Waals surface area contributed by atoms with Gasteiger partial charge in [0, 0.05) is 18.2 Å². The Kier molecular flexibility index (Phi) is 5.39. The van der Waals surface area contributed by atoms with E-state index in [1.165, 1.54) is 13.3 Å². The molecule has 0 fully saturated rings. The van der Waals surface area contributed by atoms with E-state index >= 15 is 0 Å². The summed E-state index contributed by atoms with van der Waals surface area (Å²) in [4.78, 5) is 27.8. The molecule has 0 saturated heterocycles. The van der Waals surface area contributed by atoms with Gasteiger partial charge in [0.1, 0.15) is 0 Å². The predicted molar refractivity (Wildman–Crippen MR) is 74.2 cm³/mol. The van der Waals surface area contributed by atoms with Crippen molar-refractivity contribution in [3.63, 3.8) is 0 Å². The number of nitrogens with zero attached hydrogens (tertiary/aromatic N) is 1. The Morgan fingerprint density at radius 2 is 2.10 bits per heavy atom. The average molecular weight is 279 g/mol. The van der Waals surface area contributed by atoms with Crippen molar-refractivity contribution in [1.82, 2.24) is 4.98 Å². The quantitative estimate of drug-likeness (QED) is 0.638. The molecular weight excluding hydrogens is 258 g/mol. The molecule has 0 aliphatic carbocycles. The second kappa shape index (κ2) is 6.61. The number of hydrogen-bond donors (Lipinski definition) is 1. The molecule has 0 spiro atoms. The van der Waals surface area contributed by atoms with Gasteiger partial charge >= 0.3 is 5.97 Å². The molecule has 1 heterocycles. The van der Waals surface area contributed by atoms with Gasteiger partial charge in [-0.3, -0.25) is 14.6 Å². The fourth-order valence-electron chi connectivity index (χ4n) is 1.93. The third-order valence-corrected chi connectivity index (χ3v) is 3.25. The summed E-state index contributed by atoms with van der Waals surface area (Å²) < 4.78 is 4.71. The van der Waals surface area contributed by atoms with Gasteiger partial charge in [-0.25, -0.2) is 0 Å². The first-order valence-electron chi connectivity index (χ1n) is 6.54. The molecule has 5 heteroatoms. The number of pyridine rings is 1. The largest absolute Gasteiger partial charge is 0.469 e. The van der Waals surface area contributed by atoms with E-state index in [4.69, 9.17) is 4.74 Å². The van der Waals surface area contributed by atoms with Crippen molar-refractivity contribution in [3.8, 4) is 0 Å². The van der Waals surface area contributed by atoms with Crippen LogP contribution in [0.2, 0.25) is 0 Å². The van der Waals surface area contributed by atoms with Crippen molar-refractivity contribution in [2.75, 3.05) is 7.11 Å². The third-order valence-electron chi connectivity index (χ3n) is 3.25. The van der Waals surface area contributed by atoms with Crippen LogP contribution >= 0.6 is 0 Å². The van der Waals surface area contributed by atoms with Gasteiger partial charge in [-0.2, -0.15) is 0 Å². The Bertz CT molecular complexity index is 494. The van der Waals surface area contributed by atoms with Crippen LogP contribution in [0, 0.1) is 5.41 Å². The topological polar surface area (TPSA) is 76.5 Å². The zero-order chi connectivity index (χ0) is 15.3.